The molecule has 3 N–H and O–H groups in total. The molecule has 1 aromatic carbocycles. The Morgan fingerprint density at radius 2 is 1.32 bits per heavy atom. The number of rotatable bonds is 18. The highest BCUT2D eigenvalue weighted by molar-refractivity contribution is 7.93. The van der Waals surface area contributed by atoms with E-state index in [1.165, 1.54) is 138 Å². The standard InChI is InChI=1S/C21H38N.C9H9N3O2S2/c1-2-3-4-5-6-7-8-9-10-11-12-13-14-16-19-22-20-17-15-18-21-22;10-7-1-3-8(4-2-7)16(13,14)12-9-11-5-6-15-9/h15,17-18,20-21H,2-14,16,19H2,1H3;1-6H,10H2,(H,11,12)/q+1;. The summed E-state index contributed by atoms with van der Waals surface area (Å²) in [6.45, 7) is 3.47. The SMILES string of the molecule is CCCCCCCCCCCCCCCC[n+]1ccccc1.Nc1ccc(S(=O)(=O)Nc2nccs2)cc1. The predicted molar refractivity (Wildman–Crippen MR) is 161 cm³/mol. The molecule has 0 aliphatic rings. The minimum Gasteiger partial charge on any atom is -0.399 e. The fraction of sp³-hybridized carbons (Fsp3) is 0.533. The lowest BCUT2D eigenvalue weighted by molar-refractivity contribution is -0.697. The number of sulfonamides is 1. The van der Waals surface area contributed by atoms with Gasteiger partial charge in [-0.15, -0.1) is 11.3 Å². The monoisotopic (exact) mass is 559 g/mol. The van der Waals surface area contributed by atoms with Crippen LogP contribution in [0.1, 0.15) is 96.8 Å². The first-order valence-electron chi connectivity index (χ1n) is 14.2. The number of nitrogens with two attached hydrogens (primary N) is 1. The van der Waals surface area contributed by atoms with Crippen molar-refractivity contribution in [2.24, 2.45) is 0 Å². The van der Waals surface area contributed by atoms with E-state index in [4.69, 9.17) is 5.73 Å². The van der Waals surface area contributed by atoms with Gasteiger partial charge < -0.3 is 5.73 Å². The molecule has 0 fully saturated rings. The largest absolute Gasteiger partial charge is 0.399 e. The Hall–Kier alpha value is -2.45. The third-order valence-corrected chi connectivity index (χ3v) is 8.56. The number of hydrogen-bond acceptors (Lipinski definition) is 5. The van der Waals surface area contributed by atoms with Gasteiger partial charge in [-0.3, -0.25) is 4.72 Å². The fourth-order valence-corrected chi connectivity index (χ4v) is 5.96. The molecule has 0 aliphatic carbocycles. The quantitative estimate of drug-likeness (QED) is 0.0939. The number of pyridine rings is 1. The van der Waals surface area contributed by atoms with Crippen molar-refractivity contribution in [2.45, 2.75) is 108 Å². The summed E-state index contributed by atoms with van der Waals surface area (Å²) in [5.74, 6) is 0. The Balaban J connectivity index is 0.000000279. The number of nitrogen functional groups attached to an aromatic ring is 1. The van der Waals surface area contributed by atoms with Crippen molar-refractivity contribution < 1.29 is 13.0 Å². The van der Waals surface area contributed by atoms with E-state index in [2.05, 4.69) is 51.8 Å². The van der Waals surface area contributed by atoms with Crippen molar-refractivity contribution in [1.29, 1.82) is 0 Å². The van der Waals surface area contributed by atoms with Gasteiger partial charge in [-0.2, -0.15) is 0 Å². The van der Waals surface area contributed by atoms with Crippen LogP contribution in [0.15, 0.2) is 71.3 Å². The summed E-state index contributed by atoms with van der Waals surface area (Å²) in [6.07, 6.45) is 26.0. The lowest BCUT2D eigenvalue weighted by Crippen LogP contribution is -2.32. The second kappa shape index (κ2) is 19.6. The minimum absolute atomic E-state index is 0.164. The molecule has 8 heteroatoms. The normalized spacial score (nSPS) is 11.1. The molecule has 3 rings (SSSR count). The minimum atomic E-state index is -3.56. The van der Waals surface area contributed by atoms with Crippen LogP contribution in [0.5, 0.6) is 0 Å². The van der Waals surface area contributed by atoms with Crippen LogP contribution in [0.2, 0.25) is 0 Å². The van der Waals surface area contributed by atoms with Gasteiger partial charge in [-0.1, -0.05) is 90.0 Å². The zero-order valence-electron chi connectivity index (χ0n) is 23.1. The van der Waals surface area contributed by atoms with E-state index in [1.54, 1.807) is 5.38 Å². The summed E-state index contributed by atoms with van der Waals surface area (Å²) >= 11 is 1.22. The summed E-state index contributed by atoms with van der Waals surface area (Å²) in [7, 11) is -3.56. The smallest absolute Gasteiger partial charge is 0.263 e. The maximum Gasteiger partial charge on any atom is 0.263 e. The highest BCUT2D eigenvalue weighted by Gasteiger charge is 2.14. The van der Waals surface area contributed by atoms with E-state index >= 15 is 0 Å². The molecule has 0 bridgehead atoms. The average molecular weight is 560 g/mol. The van der Waals surface area contributed by atoms with Gasteiger partial charge >= 0.3 is 0 Å². The van der Waals surface area contributed by atoms with Crippen LogP contribution in [0.25, 0.3) is 0 Å². The Morgan fingerprint density at radius 1 is 0.789 bits per heavy atom. The Kier molecular flexibility index (Phi) is 16.4. The number of nitrogens with zero attached hydrogens (tertiary/aromatic N) is 2. The van der Waals surface area contributed by atoms with E-state index in [0.717, 1.165) is 0 Å². The van der Waals surface area contributed by atoms with Crippen LogP contribution in [0.4, 0.5) is 10.8 Å². The van der Waals surface area contributed by atoms with Gasteiger partial charge in [0.05, 0.1) is 4.90 Å². The lowest BCUT2D eigenvalue weighted by atomic mass is 10.0. The maximum absolute atomic E-state index is 11.8. The van der Waals surface area contributed by atoms with E-state index in [1.807, 2.05) is 0 Å². The van der Waals surface area contributed by atoms with Gasteiger partial charge in [-0.05, 0) is 30.7 Å². The first-order chi connectivity index (χ1) is 18.5. The first-order valence-corrected chi connectivity index (χ1v) is 16.6. The molecule has 0 radical (unpaired) electrons. The molecule has 0 saturated carbocycles. The first kappa shape index (κ1) is 31.8. The predicted octanol–water partition coefficient (Wildman–Crippen LogP) is 7.98. The van der Waals surface area contributed by atoms with Crippen LogP contribution in [-0.4, -0.2) is 13.4 Å². The van der Waals surface area contributed by atoms with Gasteiger partial charge in [0, 0.05) is 35.8 Å². The third-order valence-electron chi connectivity index (χ3n) is 6.39. The topological polar surface area (TPSA) is 89.0 Å². The number of thiazole rings is 1. The molecule has 0 unspecified atom stereocenters. The zero-order valence-corrected chi connectivity index (χ0v) is 24.7. The summed E-state index contributed by atoms with van der Waals surface area (Å²) < 4.78 is 28.3. The molecular formula is C30H47N4O2S2+. The Bertz CT molecular complexity index is 1060. The second-order valence-corrected chi connectivity index (χ2v) is 12.3. The van der Waals surface area contributed by atoms with Crippen LogP contribution >= 0.6 is 11.3 Å². The number of nitrogens with one attached hydrogen (secondary N) is 1. The fourth-order valence-electron chi connectivity index (χ4n) is 4.17. The van der Waals surface area contributed by atoms with Gasteiger partial charge in [0.25, 0.3) is 10.0 Å². The molecule has 2 heterocycles. The Morgan fingerprint density at radius 3 is 1.82 bits per heavy atom. The van der Waals surface area contributed by atoms with Crippen molar-refractivity contribution in [3.05, 3.63) is 66.4 Å². The van der Waals surface area contributed by atoms with Crippen molar-refractivity contribution >= 4 is 32.2 Å². The van der Waals surface area contributed by atoms with Gasteiger partial charge in [-0.25, -0.2) is 18.0 Å². The number of unbranched alkanes of at least 4 members (excludes halogenated alkanes) is 13. The lowest BCUT2D eigenvalue weighted by Gasteiger charge is -2.04. The zero-order chi connectivity index (χ0) is 27.3. The molecular weight excluding hydrogens is 512 g/mol. The van der Waals surface area contributed by atoms with Crippen molar-refractivity contribution in [2.75, 3.05) is 10.5 Å². The van der Waals surface area contributed by atoms with Gasteiger partial charge in [0.2, 0.25) is 0 Å². The van der Waals surface area contributed by atoms with Crippen LogP contribution in [0, 0.1) is 0 Å². The van der Waals surface area contributed by atoms with Crippen LogP contribution in [-0.2, 0) is 16.6 Å². The Labute approximate surface area is 234 Å². The van der Waals surface area contributed by atoms with Crippen molar-refractivity contribution in [3.8, 4) is 0 Å². The van der Waals surface area contributed by atoms with Crippen LogP contribution in [0.3, 0.4) is 0 Å². The average Bonchev–Trinajstić information content (AvgIpc) is 3.42. The van der Waals surface area contributed by atoms with E-state index < -0.39 is 10.0 Å². The molecule has 0 amide bonds. The van der Waals surface area contributed by atoms with E-state index in [9.17, 15) is 8.42 Å². The summed E-state index contributed by atoms with van der Waals surface area (Å²) in [5.41, 5.74) is 6.00. The number of benzene rings is 1. The highest BCUT2D eigenvalue weighted by atomic mass is 32.2. The number of hydrogen-bond donors (Lipinski definition) is 2. The summed E-state index contributed by atoms with van der Waals surface area (Å²) in [6, 6.07) is 12.3. The molecule has 0 saturated heterocycles. The maximum atomic E-state index is 11.8. The molecule has 0 aliphatic heterocycles. The number of anilines is 2. The van der Waals surface area contributed by atoms with E-state index in [-0.39, 0.29) is 4.90 Å². The second-order valence-electron chi connectivity index (χ2n) is 9.72. The van der Waals surface area contributed by atoms with Crippen molar-refractivity contribution in [3.63, 3.8) is 0 Å². The van der Waals surface area contributed by atoms with Crippen molar-refractivity contribution in [1.82, 2.24) is 4.98 Å². The van der Waals surface area contributed by atoms with Crippen LogP contribution < -0.4 is 15.0 Å². The van der Waals surface area contributed by atoms with Gasteiger partial charge in [0.15, 0.2) is 17.5 Å². The van der Waals surface area contributed by atoms with Gasteiger partial charge in [0.1, 0.15) is 6.54 Å². The van der Waals surface area contributed by atoms with E-state index in [0.29, 0.717) is 10.8 Å². The molecule has 38 heavy (non-hydrogen) atoms. The number of aromatic nitrogens is 2. The molecule has 0 spiro atoms. The highest BCUT2D eigenvalue weighted by Crippen LogP contribution is 2.18. The third kappa shape index (κ3) is 14.5. The number of aryl methyl sites for hydroxylation is 1. The summed E-state index contributed by atoms with van der Waals surface area (Å²) in [5, 5.41) is 2.04. The molecule has 0 atom stereocenters. The molecule has 3 aromatic rings. The summed E-state index contributed by atoms with van der Waals surface area (Å²) in [4.78, 5) is 4.01. The molecule has 210 valence electrons. The molecule has 6 nitrogen and oxygen atoms in total. The molecule has 2 aromatic heterocycles.